The molecule has 0 radical (unpaired) electrons. The Balaban J connectivity index is 1.58. The molecule has 0 fully saturated rings. The van der Waals surface area contributed by atoms with Crippen molar-refractivity contribution in [3.63, 3.8) is 0 Å². The zero-order valence-corrected chi connectivity index (χ0v) is 17.5. The molecular formula is C26H16Cl2N2. The summed E-state index contributed by atoms with van der Waals surface area (Å²) in [6.45, 7) is 0. The molecule has 4 heteroatoms. The highest BCUT2D eigenvalue weighted by Gasteiger charge is 2.27. The molecule has 2 heterocycles. The Kier molecular flexibility index (Phi) is 4.05. The molecule has 30 heavy (non-hydrogen) atoms. The van der Waals surface area contributed by atoms with Gasteiger partial charge in [-0.25, -0.2) is 9.97 Å². The third kappa shape index (κ3) is 2.79. The van der Waals surface area contributed by atoms with Gasteiger partial charge in [-0.05, 0) is 53.4 Å². The maximum Gasteiger partial charge on any atom is 0.160 e. The largest absolute Gasteiger partial charge is 0.228 e. The normalized spacial score (nSPS) is 15.2. The van der Waals surface area contributed by atoms with Gasteiger partial charge in [0.15, 0.2) is 5.65 Å². The third-order valence-electron chi connectivity index (χ3n) is 5.95. The average molecular weight is 427 g/mol. The highest BCUT2D eigenvalue weighted by atomic mass is 35.5. The number of rotatable bonds is 1. The molecule has 1 aliphatic carbocycles. The Morgan fingerprint density at radius 1 is 0.733 bits per heavy atom. The van der Waals surface area contributed by atoms with Crippen molar-refractivity contribution in [1.29, 1.82) is 0 Å². The summed E-state index contributed by atoms with van der Waals surface area (Å²) in [6, 6.07) is 27.0. The van der Waals surface area contributed by atoms with Gasteiger partial charge in [-0.3, -0.25) is 0 Å². The van der Waals surface area contributed by atoms with Crippen molar-refractivity contribution < 1.29 is 0 Å². The first-order valence-electron chi connectivity index (χ1n) is 9.91. The van der Waals surface area contributed by atoms with Crippen molar-refractivity contribution in [2.45, 2.75) is 12.3 Å². The van der Waals surface area contributed by atoms with E-state index >= 15 is 0 Å². The molecule has 144 valence electrons. The average Bonchev–Trinajstić information content (AvgIpc) is 2.78. The minimum absolute atomic E-state index is 0.205. The molecule has 6 rings (SSSR count). The van der Waals surface area contributed by atoms with E-state index in [1.165, 1.54) is 16.7 Å². The Bertz CT molecular complexity index is 1460. The molecule has 0 spiro atoms. The predicted molar refractivity (Wildman–Crippen MR) is 124 cm³/mol. The maximum atomic E-state index is 6.34. The number of para-hydroxylation sites is 1. The monoisotopic (exact) mass is 426 g/mol. The smallest absolute Gasteiger partial charge is 0.160 e. The van der Waals surface area contributed by atoms with E-state index in [1.807, 2.05) is 30.3 Å². The molecule has 0 saturated carbocycles. The van der Waals surface area contributed by atoms with Crippen molar-refractivity contribution in [1.82, 2.24) is 9.97 Å². The number of halogens is 2. The summed E-state index contributed by atoms with van der Waals surface area (Å²) in [4.78, 5) is 9.82. The summed E-state index contributed by atoms with van der Waals surface area (Å²) >= 11 is 12.5. The van der Waals surface area contributed by atoms with Crippen LogP contribution in [0.25, 0.3) is 33.2 Å². The Labute approximate surface area is 184 Å². The van der Waals surface area contributed by atoms with E-state index in [0.29, 0.717) is 10.0 Å². The number of nitrogens with zero attached hydrogens (tertiary/aromatic N) is 2. The Morgan fingerprint density at radius 3 is 2.47 bits per heavy atom. The van der Waals surface area contributed by atoms with Gasteiger partial charge in [0, 0.05) is 22.3 Å². The van der Waals surface area contributed by atoms with Crippen LogP contribution in [0, 0.1) is 0 Å². The summed E-state index contributed by atoms with van der Waals surface area (Å²) in [5.41, 5.74) is 7.60. The summed E-state index contributed by atoms with van der Waals surface area (Å²) < 4.78 is 0. The lowest BCUT2D eigenvalue weighted by atomic mass is 9.77. The zero-order chi connectivity index (χ0) is 20.2. The molecule has 2 nitrogen and oxygen atoms in total. The number of pyridine rings is 2. The predicted octanol–water partition coefficient (Wildman–Crippen LogP) is 7.44. The lowest BCUT2D eigenvalue weighted by Crippen LogP contribution is -2.14. The van der Waals surface area contributed by atoms with E-state index in [2.05, 4.69) is 48.5 Å². The summed E-state index contributed by atoms with van der Waals surface area (Å²) in [5, 5.41) is 3.36. The highest BCUT2D eigenvalue weighted by molar-refractivity contribution is 6.42. The second kappa shape index (κ2) is 6.80. The first kappa shape index (κ1) is 17.9. The van der Waals surface area contributed by atoms with Gasteiger partial charge in [0.1, 0.15) is 0 Å². The lowest BCUT2D eigenvalue weighted by molar-refractivity contribution is 0.789. The standard InChI is InChI=1S/C26H16Cl2N2/c27-22-10-9-15(14-23(22)28)21-13-17-12-18-11-16-5-1-4-8-24(16)29-26(18)30-25(17)20-7-3-2-6-19(20)21/h1-12,14,21H,13H2. The molecular weight excluding hydrogens is 411 g/mol. The van der Waals surface area contributed by atoms with E-state index in [9.17, 15) is 0 Å². The zero-order valence-electron chi connectivity index (χ0n) is 15.9. The van der Waals surface area contributed by atoms with Gasteiger partial charge in [0.2, 0.25) is 0 Å². The molecule has 0 N–H and O–H groups in total. The SMILES string of the molecule is Clc1ccc(C2Cc3cc4cc5ccccc5nc4nc3-c3ccccc32)cc1Cl. The van der Waals surface area contributed by atoms with E-state index in [1.54, 1.807) is 0 Å². The number of benzene rings is 3. The van der Waals surface area contributed by atoms with Crippen molar-refractivity contribution in [2.24, 2.45) is 0 Å². The number of fused-ring (bicyclic) bond motifs is 5. The first-order chi connectivity index (χ1) is 14.7. The van der Waals surface area contributed by atoms with E-state index in [0.717, 1.165) is 39.6 Å². The summed E-state index contributed by atoms with van der Waals surface area (Å²) in [7, 11) is 0. The molecule has 1 atom stereocenters. The molecule has 5 aromatic rings. The summed E-state index contributed by atoms with van der Waals surface area (Å²) in [5.74, 6) is 0.205. The van der Waals surface area contributed by atoms with Crippen molar-refractivity contribution in [2.75, 3.05) is 0 Å². The molecule has 0 saturated heterocycles. The van der Waals surface area contributed by atoms with Gasteiger partial charge in [-0.15, -0.1) is 0 Å². The third-order valence-corrected chi connectivity index (χ3v) is 6.68. The van der Waals surface area contributed by atoms with Crippen LogP contribution in [0.1, 0.15) is 22.6 Å². The number of aromatic nitrogens is 2. The van der Waals surface area contributed by atoms with Gasteiger partial charge in [0.05, 0.1) is 21.3 Å². The molecule has 0 amide bonds. The van der Waals surface area contributed by atoms with E-state index in [4.69, 9.17) is 33.2 Å². The topological polar surface area (TPSA) is 25.8 Å². The fourth-order valence-corrected chi connectivity index (χ4v) is 4.82. The van der Waals surface area contributed by atoms with Crippen LogP contribution >= 0.6 is 23.2 Å². The van der Waals surface area contributed by atoms with Gasteiger partial charge in [0.25, 0.3) is 0 Å². The molecule has 0 bridgehead atoms. The van der Waals surface area contributed by atoms with Crippen molar-refractivity contribution >= 4 is 45.1 Å². The molecule has 3 aromatic carbocycles. The van der Waals surface area contributed by atoms with Crippen LogP contribution in [-0.2, 0) is 6.42 Å². The quantitative estimate of drug-likeness (QED) is 0.260. The molecule has 1 unspecified atom stereocenters. The second-order valence-electron chi connectivity index (χ2n) is 7.74. The van der Waals surface area contributed by atoms with Gasteiger partial charge in [-0.2, -0.15) is 0 Å². The Hall–Kier alpha value is -2.94. The van der Waals surface area contributed by atoms with Crippen LogP contribution < -0.4 is 0 Å². The van der Waals surface area contributed by atoms with Crippen LogP contribution in [0.15, 0.2) is 78.9 Å². The number of hydrogen-bond donors (Lipinski definition) is 0. The molecule has 2 aromatic heterocycles. The van der Waals surface area contributed by atoms with Crippen molar-refractivity contribution in [3.8, 4) is 11.3 Å². The van der Waals surface area contributed by atoms with E-state index < -0.39 is 0 Å². The van der Waals surface area contributed by atoms with Crippen LogP contribution in [0.2, 0.25) is 10.0 Å². The summed E-state index contributed by atoms with van der Waals surface area (Å²) in [6.07, 6.45) is 0.861. The van der Waals surface area contributed by atoms with Gasteiger partial charge < -0.3 is 0 Å². The van der Waals surface area contributed by atoms with Crippen LogP contribution in [-0.4, -0.2) is 9.97 Å². The van der Waals surface area contributed by atoms with Crippen LogP contribution in [0.5, 0.6) is 0 Å². The molecule has 0 aliphatic heterocycles. The minimum Gasteiger partial charge on any atom is -0.228 e. The van der Waals surface area contributed by atoms with E-state index in [-0.39, 0.29) is 5.92 Å². The first-order valence-corrected chi connectivity index (χ1v) is 10.7. The second-order valence-corrected chi connectivity index (χ2v) is 8.56. The highest BCUT2D eigenvalue weighted by Crippen LogP contribution is 2.43. The Morgan fingerprint density at radius 2 is 1.57 bits per heavy atom. The fraction of sp³-hybridized carbons (Fsp3) is 0.0769. The maximum absolute atomic E-state index is 6.34. The molecule has 1 aliphatic rings. The van der Waals surface area contributed by atoms with Gasteiger partial charge in [-0.1, -0.05) is 71.7 Å². The van der Waals surface area contributed by atoms with Crippen LogP contribution in [0.4, 0.5) is 0 Å². The lowest BCUT2D eigenvalue weighted by Gasteiger charge is -2.28. The minimum atomic E-state index is 0.205. The van der Waals surface area contributed by atoms with Gasteiger partial charge >= 0.3 is 0 Å². The van der Waals surface area contributed by atoms with Crippen LogP contribution in [0.3, 0.4) is 0 Å². The van der Waals surface area contributed by atoms with Crippen molar-refractivity contribution in [3.05, 3.63) is 106 Å². The fourth-order valence-electron chi connectivity index (χ4n) is 4.51. The number of hydrogen-bond acceptors (Lipinski definition) is 2.